The SMILES string of the molecule is Cc1cn(C)c2c1C(=N)CC(c1ccccc1)C2. The Morgan fingerprint density at radius 3 is 2.61 bits per heavy atom. The highest BCUT2D eigenvalue weighted by Crippen LogP contribution is 2.34. The molecule has 0 spiro atoms. The average molecular weight is 238 g/mol. The molecule has 1 atom stereocenters. The molecule has 92 valence electrons. The smallest absolute Gasteiger partial charge is 0.0413 e. The first-order chi connectivity index (χ1) is 8.66. The molecule has 18 heavy (non-hydrogen) atoms. The highest BCUT2D eigenvalue weighted by atomic mass is 14.9. The van der Waals surface area contributed by atoms with E-state index in [1.807, 2.05) is 0 Å². The van der Waals surface area contributed by atoms with Crippen LogP contribution in [-0.2, 0) is 13.5 Å². The summed E-state index contributed by atoms with van der Waals surface area (Å²) in [4.78, 5) is 0. The Morgan fingerprint density at radius 1 is 1.17 bits per heavy atom. The molecule has 1 aliphatic carbocycles. The standard InChI is InChI=1S/C16H18N2/c1-11-10-18(2)15-9-13(8-14(17)16(11)15)12-6-4-3-5-7-12/h3-7,10,13,17H,8-9H2,1-2H3. The number of benzene rings is 1. The maximum absolute atomic E-state index is 8.29. The van der Waals surface area contributed by atoms with Crippen molar-refractivity contribution in [2.75, 3.05) is 0 Å². The van der Waals surface area contributed by atoms with Gasteiger partial charge in [0, 0.05) is 30.2 Å². The van der Waals surface area contributed by atoms with Crippen LogP contribution in [0.3, 0.4) is 0 Å². The molecule has 2 nitrogen and oxygen atoms in total. The van der Waals surface area contributed by atoms with Crippen molar-refractivity contribution in [1.29, 1.82) is 5.41 Å². The number of hydrogen-bond donors (Lipinski definition) is 1. The fourth-order valence-electron chi connectivity index (χ4n) is 3.11. The van der Waals surface area contributed by atoms with Crippen LogP contribution in [0.25, 0.3) is 0 Å². The molecular weight excluding hydrogens is 220 g/mol. The van der Waals surface area contributed by atoms with Gasteiger partial charge in [-0.05, 0) is 36.8 Å². The largest absolute Gasteiger partial charge is 0.354 e. The van der Waals surface area contributed by atoms with Gasteiger partial charge in [0.15, 0.2) is 0 Å². The number of fused-ring (bicyclic) bond motifs is 1. The summed E-state index contributed by atoms with van der Waals surface area (Å²) in [6, 6.07) is 10.6. The van der Waals surface area contributed by atoms with E-state index in [1.54, 1.807) is 0 Å². The highest BCUT2D eigenvalue weighted by molar-refractivity contribution is 6.02. The lowest BCUT2D eigenvalue weighted by Gasteiger charge is -2.25. The normalized spacial score (nSPS) is 18.8. The van der Waals surface area contributed by atoms with Crippen LogP contribution in [0.5, 0.6) is 0 Å². The first-order valence-electron chi connectivity index (χ1n) is 6.44. The van der Waals surface area contributed by atoms with Gasteiger partial charge in [-0.2, -0.15) is 0 Å². The lowest BCUT2D eigenvalue weighted by atomic mass is 9.81. The summed E-state index contributed by atoms with van der Waals surface area (Å²) < 4.78 is 2.19. The van der Waals surface area contributed by atoms with Crippen molar-refractivity contribution in [1.82, 2.24) is 4.57 Å². The molecule has 1 aromatic heterocycles. The fourth-order valence-corrected chi connectivity index (χ4v) is 3.11. The van der Waals surface area contributed by atoms with E-state index in [4.69, 9.17) is 5.41 Å². The summed E-state index contributed by atoms with van der Waals surface area (Å²) in [5, 5.41) is 8.29. The lowest BCUT2D eigenvalue weighted by molar-refractivity contribution is 0.654. The minimum atomic E-state index is 0.458. The zero-order valence-corrected chi connectivity index (χ0v) is 10.9. The molecule has 1 heterocycles. The minimum Gasteiger partial charge on any atom is -0.354 e. The molecule has 0 fully saturated rings. The van der Waals surface area contributed by atoms with Crippen LogP contribution < -0.4 is 0 Å². The second-order valence-corrected chi connectivity index (χ2v) is 5.24. The van der Waals surface area contributed by atoms with Gasteiger partial charge in [-0.3, -0.25) is 0 Å². The minimum absolute atomic E-state index is 0.458. The topological polar surface area (TPSA) is 28.8 Å². The molecule has 0 amide bonds. The van der Waals surface area contributed by atoms with Gasteiger partial charge in [0.25, 0.3) is 0 Å². The van der Waals surface area contributed by atoms with Gasteiger partial charge in [0.2, 0.25) is 0 Å². The summed E-state index contributed by atoms with van der Waals surface area (Å²) in [6.45, 7) is 2.11. The van der Waals surface area contributed by atoms with Crippen LogP contribution in [0.4, 0.5) is 0 Å². The fraction of sp³-hybridized carbons (Fsp3) is 0.312. The predicted molar refractivity (Wildman–Crippen MR) is 74.5 cm³/mol. The van der Waals surface area contributed by atoms with E-state index in [2.05, 4.69) is 55.1 Å². The molecule has 1 aromatic carbocycles. The first kappa shape index (κ1) is 11.3. The number of nitrogens with zero attached hydrogens (tertiary/aromatic N) is 1. The Labute approximate surface area is 108 Å². The van der Waals surface area contributed by atoms with Crippen LogP contribution >= 0.6 is 0 Å². The van der Waals surface area contributed by atoms with Gasteiger partial charge in [-0.15, -0.1) is 0 Å². The quantitative estimate of drug-likeness (QED) is 0.788. The van der Waals surface area contributed by atoms with Crippen molar-refractivity contribution >= 4 is 5.71 Å². The van der Waals surface area contributed by atoms with Gasteiger partial charge in [0.1, 0.15) is 0 Å². The third-order valence-electron chi connectivity index (χ3n) is 3.96. The van der Waals surface area contributed by atoms with Crippen LogP contribution in [0.2, 0.25) is 0 Å². The molecule has 2 aromatic rings. The Bertz CT molecular complexity index is 593. The van der Waals surface area contributed by atoms with E-state index in [0.717, 1.165) is 18.6 Å². The second kappa shape index (κ2) is 4.13. The maximum Gasteiger partial charge on any atom is 0.0413 e. The first-order valence-corrected chi connectivity index (χ1v) is 6.44. The third kappa shape index (κ3) is 1.69. The number of aryl methyl sites for hydroxylation is 2. The molecule has 0 bridgehead atoms. The van der Waals surface area contributed by atoms with Gasteiger partial charge >= 0.3 is 0 Å². The summed E-state index contributed by atoms with van der Waals surface area (Å²) >= 11 is 0. The summed E-state index contributed by atoms with van der Waals surface area (Å²) in [5.74, 6) is 0.458. The Balaban J connectivity index is 2.02. The van der Waals surface area contributed by atoms with E-state index in [9.17, 15) is 0 Å². The average Bonchev–Trinajstić information content (AvgIpc) is 2.66. The molecule has 1 unspecified atom stereocenters. The lowest BCUT2D eigenvalue weighted by Crippen LogP contribution is -2.20. The van der Waals surface area contributed by atoms with Crippen molar-refractivity contribution < 1.29 is 0 Å². The van der Waals surface area contributed by atoms with Crippen molar-refractivity contribution in [3.63, 3.8) is 0 Å². The van der Waals surface area contributed by atoms with Crippen LogP contribution in [0, 0.1) is 12.3 Å². The van der Waals surface area contributed by atoms with E-state index in [1.165, 1.54) is 22.4 Å². The van der Waals surface area contributed by atoms with Crippen LogP contribution in [-0.4, -0.2) is 10.3 Å². The maximum atomic E-state index is 8.29. The molecule has 0 aliphatic heterocycles. The van der Waals surface area contributed by atoms with Gasteiger partial charge < -0.3 is 9.98 Å². The zero-order chi connectivity index (χ0) is 12.7. The van der Waals surface area contributed by atoms with Crippen LogP contribution in [0.1, 0.15) is 34.7 Å². The molecule has 0 radical (unpaired) electrons. The van der Waals surface area contributed by atoms with Crippen molar-refractivity contribution in [2.45, 2.75) is 25.7 Å². The predicted octanol–water partition coefficient (Wildman–Crippen LogP) is 3.43. The molecule has 1 aliphatic rings. The van der Waals surface area contributed by atoms with Crippen molar-refractivity contribution in [3.8, 4) is 0 Å². The molecule has 3 rings (SSSR count). The second-order valence-electron chi connectivity index (χ2n) is 5.24. The zero-order valence-electron chi connectivity index (χ0n) is 10.9. The molecule has 0 saturated heterocycles. The molecule has 2 heteroatoms. The van der Waals surface area contributed by atoms with Gasteiger partial charge in [-0.1, -0.05) is 30.3 Å². The van der Waals surface area contributed by atoms with Crippen LogP contribution in [0.15, 0.2) is 36.5 Å². The summed E-state index contributed by atoms with van der Waals surface area (Å²) in [7, 11) is 2.09. The Morgan fingerprint density at radius 2 is 1.89 bits per heavy atom. The summed E-state index contributed by atoms with van der Waals surface area (Å²) in [6.07, 6.45) is 4.06. The summed E-state index contributed by atoms with van der Waals surface area (Å²) in [5.41, 5.74) is 5.89. The molecule has 1 N–H and O–H groups in total. The van der Waals surface area contributed by atoms with E-state index < -0.39 is 0 Å². The number of nitrogens with one attached hydrogen (secondary N) is 1. The van der Waals surface area contributed by atoms with E-state index in [-0.39, 0.29) is 0 Å². The third-order valence-corrected chi connectivity index (χ3v) is 3.96. The van der Waals surface area contributed by atoms with Crippen molar-refractivity contribution in [2.24, 2.45) is 7.05 Å². The Hall–Kier alpha value is -1.83. The number of aromatic nitrogens is 1. The molecule has 0 saturated carbocycles. The van der Waals surface area contributed by atoms with Gasteiger partial charge in [-0.25, -0.2) is 0 Å². The van der Waals surface area contributed by atoms with Crippen molar-refractivity contribution in [3.05, 3.63) is 58.9 Å². The van der Waals surface area contributed by atoms with E-state index in [0.29, 0.717) is 5.92 Å². The van der Waals surface area contributed by atoms with E-state index >= 15 is 0 Å². The number of hydrogen-bond acceptors (Lipinski definition) is 1. The molecular formula is C16H18N2. The number of rotatable bonds is 1. The van der Waals surface area contributed by atoms with Gasteiger partial charge in [0.05, 0.1) is 0 Å². The highest BCUT2D eigenvalue weighted by Gasteiger charge is 2.27. The Kier molecular flexibility index (Phi) is 2.58. The monoisotopic (exact) mass is 238 g/mol.